The fourth-order valence-electron chi connectivity index (χ4n) is 1.70. The van der Waals surface area contributed by atoms with Crippen molar-refractivity contribution in [2.45, 2.75) is 45.6 Å². The SMILES string of the molecule is COC(=O)CCCS(=O)(=O)N(CCC(=O)O)C(C)(C)C. The topological polar surface area (TPSA) is 101 Å². The van der Waals surface area contributed by atoms with Crippen molar-refractivity contribution in [3.63, 3.8) is 0 Å². The van der Waals surface area contributed by atoms with Gasteiger partial charge in [-0.2, -0.15) is 4.31 Å². The monoisotopic (exact) mass is 309 g/mol. The number of carboxylic acids is 1. The van der Waals surface area contributed by atoms with Crippen molar-refractivity contribution in [1.29, 1.82) is 0 Å². The van der Waals surface area contributed by atoms with Crippen LogP contribution in [0, 0.1) is 0 Å². The molecule has 118 valence electrons. The Morgan fingerprint density at radius 2 is 1.75 bits per heavy atom. The third kappa shape index (κ3) is 6.85. The Morgan fingerprint density at radius 3 is 2.15 bits per heavy atom. The first-order chi connectivity index (χ1) is 9.00. The lowest BCUT2D eigenvalue weighted by Crippen LogP contribution is -2.47. The predicted molar refractivity (Wildman–Crippen MR) is 73.7 cm³/mol. The van der Waals surface area contributed by atoms with Gasteiger partial charge in [-0.1, -0.05) is 0 Å². The Bertz CT molecular complexity index is 437. The van der Waals surface area contributed by atoms with Gasteiger partial charge in [0, 0.05) is 18.5 Å². The molecular formula is C12H23NO6S. The van der Waals surface area contributed by atoms with Crippen LogP contribution in [0.25, 0.3) is 0 Å². The molecule has 0 radical (unpaired) electrons. The smallest absolute Gasteiger partial charge is 0.305 e. The molecule has 0 aromatic heterocycles. The Hall–Kier alpha value is -1.15. The second-order valence-corrected chi connectivity index (χ2v) is 7.40. The number of esters is 1. The van der Waals surface area contributed by atoms with Crippen molar-refractivity contribution in [2.75, 3.05) is 19.4 Å². The molecule has 0 rings (SSSR count). The van der Waals surface area contributed by atoms with Crippen LogP contribution in [0.1, 0.15) is 40.0 Å². The second-order valence-electron chi connectivity index (χ2n) is 5.38. The molecule has 0 unspecified atom stereocenters. The number of nitrogens with zero attached hydrogens (tertiary/aromatic N) is 1. The zero-order chi connectivity index (χ0) is 16.0. The summed E-state index contributed by atoms with van der Waals surface area (Å²) in [6.07, 6.45) is -0.0885. The van der Waals surface area contributed by atoms with Crippen molar-refractivity contribution >= 4 is 22.0 Å². The van der Waals surface area contributed by atoms with Crippen LogP contribution >= 0.6 is 0 Å². The molecule has 0 spiro atoms. The van der Waals surface area contributed by atoms with Gasteiger partial charge in [-0.05, 0) is 27.2 Å². The lowest BCUT2D eigenvalue weighted by Gasteiger charge is -2.34. The molecule has 0 saturated carbocycles. The normalized spacial score (nSPS) is 12.4. The maximum absolute atomic E-state index is 12.2. The fourth-order valence-corrected chi connectivity index (χ4v) is 3.63. The third-order valence-corrected chi connectivity index (χ3v) is 4.83. The van der Waals surface area contributed by atoms with E-state index >= 15 is 0 Å². The molecule has 0 atom stereocenters. The predicted octanol–water partition coefficient (Wildman–Crippen LogP) is 0.845. The highest BCUT2D eigenvalue weighted by Gasteiger charge is 2.32. The number of carbonyl (C=O) groups is 2. The molecule has 0 aliphatic rings. The van der Waals surface area contributed by atoms with Crippen LogP contribution in [0.3, 0.4) is 0 Å². The lowest BCUT2D eigenvalue weighted by atomic mass is 10.1. The molecule has 0 aliphatic carbocycles. The lowest BCUT2D eigenvalue weighted by molar-refractivity contribution is -0.140. The van der Waals surface area contributed by atoms with E-state index in [1.165, 1.54) is 11.4 Å². The van der Waals surface area contributed by atoms with Gasteiger partial charge in [0.2, 0.25) is 10.0 Å². The molecule has 0 fully saturated rings. The van der Waals surface area contributed by atoms with Crippen LogP contribution in [0.15, 0.2) is 0 Å². The molecule has 0 aromatic rings. The van der Waals surface area contributed by atoms with Crippen LogP contribution in [0.5, 0.6) is 0 Å². The van der Waals surface area contributed by atoms with Crippen molar-refractivity contribution in [3.05, 3.63) is 0 Å². The van der Waals surface area contributed by atoms with E-state index in [4.69, 9.17) is 5.11 Å². The summed E-state index contributed by atoms with van der Waals surface area (Å²) >= 11 is 0. The fraction of sp³-hybridized carbons (Fsp3) is 0.833. The molecule has 8 heteroatoms. The second kappa shape index (κ2) is 7.58. The van der Waals surface area contributed by atoms with Gasteiger partial charge in [0.25, 0.3) is 0 Å². The zero-order valence-electron chi connectivity index (χ0n) is 12.4. The molecule has 0 saturated heterocycles. The molecule has 1 N–H and O–H groups in total. The number of sulfonamides is 1. The van der Waals surface area contributed by atoms with Gasteiger partial charge in [-0.25, -0.2) is 8.42 Å². The Kier molecular flexibility index (Phi) is 7.15. The number of carboxylic acid groups (broad SMARTS) is 1. The molecule has 20 heavy (non-hydrogen) atoms. The zero-order valence-corrected chi connectivity index (χ0v) is 13.2. The summed E-state index contributed by atoms with van der Waals surface area (Å²) in [6, 6.07) is 0. The molecular weight excluding hydrogens is 286 g/mol. The van der Waals surface area contributed by atoms with Gasteiger partial charge in [-0.15, -0.1) is 0 Å². The van der Waals surface area contributed by atoms with Gasteiger partial charge in [0.1, 0.15) is 0 Å². The maximum atomic E-state index is 12.2. The highest BCUT2D eigenvalue weighted by atomic mass is 32.2. The number of aliphatic carboxylic acids is 1. The van der Waals surface area contributed by atoms with E-state index in [1.54, 1.807) is 20.8 Å². The minimum Gasteiger partial charge on any atom is -0.481 e. The van der Waals surface area contributed by atoms with Crippen LogP contribution in [-0.2, 0) is 24.3 Å². The largest absolute Gasteiger partial charge is 0.481 e. The van der Waals surface area contributed by atoms with Gasteiger partial charge in [0.15, 0.2) is 0 Å². The Morgan fingerprint density at radius 1 is 1.20 bits per heavy atom. The minimum atomic E-state index is -3.62. The maximum Gasteiger partial charge on any atom is 0.305 e. The quantitative estimate of drug-likeness (QED) is 0.667. The minimum absolute atomic E-state index is 0.0205. The van der Waals surface area contributed by atoms with Crippen molar-refractivity contribution in [2.24, 2.45) is 0 Å². The number of rotatable bonds is 8. The van der Waals surface area contributed by atoms with Crippen molar-refractivity contribution in [1.82, 2.24) is 4.31 Å². The van der Waals surface area contributed by atoms with E-state index in [9.17, 15) is 18.0 Å². The first-order valence-corrected chi connectivity index (χ1v) is 7.90. The summed E-state index contributed by atoms with van der Waals surface area (Å²) in [6.45, 7) is 5.02. The Labute approximate surface area is 120 Å². The van der Waals surface area contributed by atoms with Crippen LogP contribution in [0.2, 0.25) is 0 Å². The molecule has 0 bridgehead atoms. The number of methoxy groups -OCH3 is 1. The molecule has 7 nitrogen and oxygen atoms in total. The summed E-state index contributed by atoms with van der Waals surface area (Å²) < 4.78 is 30.1. The summed E-state index contributed by atoms with van der Waals surface area (Å²) in [7, 11) is -2.38. The van der Waals surface area contributed by atoms with E-state index in [2.05, 4.69) is 4.74 Å². The standard InChI is InChI=1S/C12H23NO6S/c1-12(2,3)13(8-7-10(14)15)20(17,18)9-5-6-11(16)19-4/h5-9H2,1-4H3,(H,14,15). The average molecular weight is 309 g/mol. The van der Waals surface area contributed by atoms with Gasteiger partial charge in [-0.3, -0.25) is 9.59 Å². The van der Waals surface area contributed by atoms with E-state index in [-0.39, 0.29) is 31.6 Å². The number of carbonyl (C=O) groups excluding carboxylic acids is 1. The van der Waals surface area contributed by atoms with Gasteiger partial charge < -0.3 is 9.84 Å². The van der Waals surface area contributed by atoms with E-state index < -0.39 is 27.5 Å². The molecule has 0 aliphatic heterocycles. The van der Waals surface area contributed by atoms with Crippen LogP contribution in [-0.4, -0.2) is 54.7 Å². The first kappa shape index (κ1) is 18.9. The van der Waals surface area contributed by atoms with Crippen LogP contribution < -0.4 is 0 Å². The summed E-state index contributed by atoms with van der Waals surface area (Å²) in [5, 5.41) is 8.69. The number of hydrogen-bond acceptors (Lipinski definition) is 5. The van der Waals surface area contributed by atoms with Crippen LogP contribution in [0.4, 0.5) is 0 Å². The molecule has 0 heterocycles. The van der Waals surface area contributed by atoms with Crippen molar-refractivity contribution < 1.29 is 27.9 Å². The highest BCUT2D eigenvalue weighted by Crippen LogP contribution is 2.20. The van der Waals surface area contributed by atoms with E-state index in [1.807, 2.05) is 0 Å². The van der Waals surface area contributed by atoms with E-state index in [0.717, 1.165) is 0 Å². The Balaban J connectivity index is 4.78. The van der Waals surface area contributed by atoms with Crippen molar-refractivity contribution in [3.8, 4) is 0 Å². The number of ether oxygens (including phenoxy) is 1. The summed E-state index contributed by atoms with van der Waals surface area (Å²) in [5.41, 5.74) is -0.709. The van der Waals surface area contributed by atoms with E-state index in [0.29, 0.717) is 0 Å². The summed E-state index contributed by atoms with van der Waals surface area (Å²) in [4.78, 5) is 21.6. The first-order valence-electron chi connectivity index (χ1n) is 6.30. The average Bonchev–Trinajstić information content (AvgIpc) is 2.25. The third-order valence-electron chi connectivity index (χ3n) is 2.62. The highest BCUT2D eigenvalue weighted by molar-refractivity contribution is 7.89. The van der Waals surface area contributed by atoms with Gasteiger partial charge >= 0.3 is 11.9 Å². The summed E-state index contributed by atoms with van der Waals surface area (Å²) in [5.74, 6) is -1.73. The number of hydrogen-bond donors (Lipinski definition) is 1. The van der Waals surface area contributed by atoms with Gasteiger partial charge in [0.05, 0.1) is 19.3 Å². The molecule has 0 amide bonds. The molecule has 0 aromatic carbocycles.